The van der Waals surface area contributed by atoms with Gasteiger partial charge in [-0.25, -0.2) is 4.79 Å². The molecule has 0 saturated carbocycles. The number of ether oxygens (including phenoxy) is 1. The van der Waals surface area contributed by atoms with Crippen molar-refractivity contribution in [3.63, 3.8) is 0 Å². The van der Waals surface area contributed by atoms with Gasteiger partial charge in [-0.1, -0.05) is 41.9 Å². The minimum atomic E-state index is -0.502. The number of hydrogen-bond acceptors (Lipinski definition) is 3. The van der Waals surface area contributed by atoms with E-state index in [1.807, 2.05) is 30.3 Å². The number of anilines is 1. The van der Waals surface area contributed by atoms with Crippen molar-refractivity contribution in [3.05, 3.63) is 52.4 Å². The summed E-state index contributed by atoms with van der Waals surface area (Å²) in [5.41, 5.74) is 0.944. The Morgan fingerprint density at radius 2 is 2.06 bits per heavy atom. The average Bonchev–Trinajstić information content (AvgIpc) is 2.74. The summed E-state index contributed by atoms with van der Waals surface area (Å²) in [5.74, 6) is 0. The molecule has 88 valence electrons. The number of hydrogen-bond donors (Lipinski definition) is 1. The fourth-order valence-corrected chi connectivity index (χ4v) is 2.22. The third-order valence-electron chi connectivity index (χ3n) is 2.05. The second kappa shape index (κ2) is 5.70. The van der Waals surface area contributed by atoms with Crippen molar-refractivity contribution in [2.24, 2.45) is 0 Å². The normalized spacial score (nSPS) is 9.94. The summed E-state index contributed by atoms with van der Waals surface area (Å²) in [5, 5.41) is 5.51. The molecule has 1 amide bonds. The molecule has 0 spiro atoms. The van der Waals surface area contributed by atoms with Gasteiger partial charge in [0.2, 0.25) is 0 Å². The molecule has 0 saturated heterocycles. The lowest BCUT2D eigenvalue weighted by atomic mass is 10.2. The Kier molecular flexibility index (Phi) is 4.01. The quantitative estimate of drug-likeness (QED) is 0.907. The maximum atomic E-state index is 11.5. The second-order valence-corrected chi connectivity index (χ2v) is 4.61. The van der Waals surface area contributed by atoms with E-state index >= 15 is 0 Å². The Morgan fingerprint density at radius 1 is 1.29 bits per heavy atom. The molecule has 0 radical (unpaired) electrons. The number of rotatable bonds is 3. The van der Waals surface area contributed by atoms with Gasteiger partial charge >= 0.3 is 6.09 Å². The van der Waals surface area contributed by atoms with Gasteiger partial charge in [0.1, 0.15) is 11.6 Å². The standard InChI is InChI=1S/C12H10ClNO2S/c13-10-6-7-17-11(10)14-12(15)16-8-9-4-2-1-3-5-9/h1-7H,8H2,(H,14,15). The highest BCUT2D eigenvalue weighted by Gasteiger charge is 2.07. The maximum absolute atomic E-state index is 11.5. The molecular weight excluding hydrogens is 258 g/mol. The third-order valence-corrected chi connectivity index (χ3v) is 3.30. The van der Waals surface area contributed by atoms with Gasteiger partial charge in [-0.2, -0.15) is 0 Å². The van der Waals surface area contributed by atoms with Gasteiger partial charge < -0.3 is 4.74 Å². The van der Waals surface area contributed by atoms with Crippen molar-refractivity contribution in [1.29, 1.82) is 0 Å². The van der Waals surface area contributed by atoms with Crippen LogP contribution in [0.1, 0.15) is 5.56 Å². The number of thiophene rings is 1. The molecular formula is C12H10ClNO2S. The molecule has 2 aromatic rings. The summed E-state index contributed by atoms with van der Waals surface area (Å²) in [6.45, 7) is 0.246. The number of halogens is 1. The average molecular weight is 268 g/mol. The number of nitrogens with one attached hydrogen (secondary N) is 1. The number of benzene rings is 1. The van der Waals surface area contributed by atoms with Gasteiger partial charge in [-0.3, -0.25) is 5.32 Å². The molecule has 1 N–H and O–H groups in total. The van der Waals surface area contributed by atoms with Crippen molar-refractivity contribution >= 4 is 34.0 Å². The lowest BCUT2D eigenvalue weighted by Crippen LogP contribution is -2.12. The van der Waals surface area contributed by atoms with Crippen molar-refractivity contribution < 1.29 is 9.53 Å². The molecule has 1 heterocycles. The molecule has 0 unspecified atom stereocenters. The summed E-state index contributed by atoms with van der Waals surface area (Å²) in [6, 6.07) is 11.2. The van der Waals surface area contributed by atoms with E-state index in [2.05, 4.69) is 5.32 Å². The topological polar surface area (TPSA) is 38.3 Å². The van der Waals surface area contributed by atoms with Gasteiger partial charge in [0.25, 0.3) is 0 Å². The van der Waals surface area contributed by atoms with E-state index < -0.39 is 6.09 Å². The van der Waals surface area contributed by atoms with E-state index in [-0.39, 0.29) is 6.61 Å². The summed E-state index contributed by atoms with van der Waals surface area (Å²) >= 11 is 7.20. The van der Waals surface area contributed by atoms with Crippen LogP contribution in [0.5, 0.6) is 0 Å². The van der Waals surface area contributed by atoms with Gasteiger partial charge in [0.05, 0.1) is 5.02 Å². The molecule has 0 aliphatic rings. The van der Waals surface area contributed by atoms with Crippen LogP contribution in [0, 0.1) is 0 Å². The zero-order valence-electron chi connectivity index (χ0n) is 8.85. The van der Waals surface area contributed by atoms with Crippen LogP contribution in [0.15, 0.2) is 41.8 Å². The predicted molar refractivity (Wildman–Crippen MR) is 69.6 cm³/mol. The molecule has 0 fully saturated rings. The highest BCUT2D eigenvalue weighted by Crippen LogP contribution is 2.27. The monoisotopic (exact) mass is 267 g/mol. The molecule has 17 heavy (non-hydrogen) atoms. The highest BCUT2D eigenvalue weighted by atomic mass is 35.5. The number of carbonyl (C=O) groups excluding carboxylic acids is 1. The first-order valence-corrected chi connectivity index (χ1v) is 6.22. The van der Waals surface area contributed by atoms with E-state index in [4.69, 9.17) is 16.3 Å². The minimum absolute atomic E-state index is 0.246. The Bertz CT molecular complexity index is 498. The lowest BCUT2D eigenvalue weighted by Gasteiger charge is -2.05. The summed E-state index contributed by atoms with van der Waals surface area (Å²) in [6.07, 6.45) is -0.502. The van der Waals surface area contributed by atoms with Crippen molar-refractivity contribution in [1.82, 2.24) is 0 Å². The molecule has 1 aromatic heterocycles. The van der Waals surface area contributed by atoms with E-state index in [0.717, 1.165) is 5.56 Å². The molecule has 3 nitrogen and oxygen atoms in total. The summed E-state index contributed by atoms with van der Waals surface area (Å²) in [4.78, 5) is 11.5. The molecule has 0 aliphatic carbocycles. The van der Waals surface area contributed by atoms with Crippen LogP contribution in [0.3, 0.4) is 0 Å². The molecule has 5 heteroatoms. The first-order chi connectivity index (χ1) is 8.25. The van der Waals surface area contributed by atoms with E-state index in [9.17, 15) is 4.79 Å². The SMILES string of the molecule is O=C(Nc1sccc1Cl)OCc1ccccc1. The van der Waals surface area contributed by atoms with Crippen LogP contribution < -0.4 is 5.32 Å². The van der Waals surface area contributed by atoms with Gasteiger partial charge in [-0.15, -0.1) is 11.3 Å². The Balaban J connectivity index is 1.85. The fraction of sp³-hybridized carbons (Fsp3) is 0.0833. The van der Waals surface area contributed by atoms with E-state index in [0.29, 0.717) is 10.0 Å². The van der Waals surface area contributed by atoms with Crippen molar-refractivity contribution in [3.8, 4) is 0 Å². The Morgan fingerprint density at radius 3 is 2.71 bits per heavy atom. The van der Waals surface area contributed by atoms with Crippen LogP contribution in [-0.2, 0) is 11.3 Å². The number of amides is 1. The Labute approximate surface area is 108 Å². The molecule has 1 aromatic carbocycles. The van der Waals surface area contributed by atoms with Crippen LogP contribution in [0.25, 0.3) is 0 Å². The first-order valence-electron chi connectivity index (χ1n) is 4.96. The predicted octanol–water partition coefficient (Wildman–Crippen LogP) is 4.15. The second-order valence-electron chi connectivity index (χ2n) is 3.28. The van der Waals surface area contributed by atoms with Crippen LogP contribution in [0.4, 0.5) is 9.80 Å². The van der Waals surface area contributed by atoms with Crippen LogP contribution >= 0.6 is 22.9 Å². The zero-order chi connectivity index (χ0) is 12.1. The zero-order valence-corrected chi connectivity index (χ0v) is 10.4. The van der Waals surface area contributed by atoms with Crippen molar-refractivity contribution in [2.45, 2.75) is 6.61 Å². The van der Waals surface area contributed by atoms with Crippen LogP contribution in [0.2, 0.25) is 5.02 Å². The van der Waals surface area contributed by atoms with E-state index in [1.165, 1.54) is 11.3 Å². The molecule has 0 aliphatic heterocycles. The van der Waals surface area contributed by atoms with E-state index in [1.54, 1.807) is 11.4 Å². The smallest absolute Gasteiger partial charge is 0.412 e. The molecule has 0 bridgehead atoms. The van der Waals surface area contributed by atoms with Gasteiger partial charge in [0, 0.05) is 0 Å². The van der Waals surface area contributed by atoms with Crippen molar-refractivity contribution in [2.75, 3.05) is 5.32 Å². The third kappa shape index (κ3) is 3.47. The van der Waals surface area contributed by atoms with Gasteiger partial charge in [-0.05, 0) is 17.0 Å². The molecule has 0 atom stereocenters. The van der Waals surface area contributed by atoms with Gasteiger partial charge in [0.15, 0.2) is 0 Å². The number of carbonyl (C=O) groups is 1. The van der Waals surface area contributed by atoms with Crippen LogP contribution in [-0.4, -0.2) is 6.09 Å². The maximum Gasteiger partial charge on any atom is 0.412 e. The fourth-order valence-electron chi connectivity index (χ4n) is 1.23. The minimum Gasteiger partial charge on any atom is -0.444 e. The highest BCUT2D eigenvalue weighted by molar-refractivity contribution is 7.15. The molecule has 2 rings (SSSR count). The summed E-state index contributed by atoms with van der Waals surface area (Å²) < 4.78 is 5.05. The lowest BCUT2D eigenvalue weighted by molar-refractivity contribution is 0.155. The Hall–Kier alpha value is -1.52. The largest absolute Gasteiger partial charge is 0.444 e. The first kappa shape index (κ1) is 12.0. The summed E-state index contributed by atoms with van der Waals surface area (Å²) in [7, 11) is 0.